The van der Waals surface area contributed by atoms with Crippen LogP contribution in [0.1, 0.15) is 73.4 Å². The average Bonchev–Trinajstić information content (AvgIpc) is 3.65. The lowest BCUT2D eigenvalue weighted by Gasteiger charge is -2.32. The van der Waals surface area contributed by atoms with Crippen molar-refractivity contribution >= 4 is 22.4 Å². The molecule has 34 heavy (non-hydrogen) atoms. The van der Waals surface area contributed by atoms with Crippen LogP contribution in [0.4, 0.5) is 10.1 Å². The van der Waals surface area contributed by atoms with Crippen molar-refractivity contribution in [2.45, 2.75) is 70.4 Å². The summed E-state index contributed by atoms with van der Waals surface area (Å²) in [6, 6.07) is 7.23. The number of halogens is 1. The fourth-order valence-corrected chi connectivity index (χ4v) is 5.63. The van der Waals surface area contributed by atoms with E-state index in [1.165, 1.54) is 18.9 Å². The number of anilines is 1. The molecule has 2 fully saturated rings. The Morgan fingerprint density at radius 2 is 2.03 bits per heavy atom. The minimum atomic E-state index is -0.367. The first kappa shape index (κ1) is 22.9. The van der Waals surface area contributed by atoms with Gasteiger partial charge < -0.3 is 11.1 Å². The highest BCUT2D eigenvalue weighted by atomic mass is 19.1. The minimum absolute atomic E-state index is 0.0769. The van der Waals surface area contributed by atoms with Crippen molar-refractivity contribution in [1.29, 1.82) is 0 Å². The number of nitrogens with two attached hydrogens (primary N) is 1. The van der Waals surface area contributed by atoms with Crippen LogP contribution < -0.4 is 11.1 Å². The van der Waals surface area contributed by atoms with Crippen LogP contribution in [0.15, 0.2) is 42.9 Å². The zero-order chi connectivity index (χ0) is 23.8. The van der Waals surface area contributed by atoms with E-state index in [0.717, 1.165) is 36.1 Å². The molecule has 1 aromatic carbocycles. The lowest BCUT2D eigenvalue weighted by Crippen LogP contribution is -2.31. The third kappa shape index (κ3) is 4.83. The van der Waals surface area contributed by atoms with Crippen LogP contribution >= 0.6 is 0 Å². The fraction of sp³-hybridized carbons (Fsp3) is 0.464. The number of hydrogen-bond acceptors (Lipinski definition) is 5. The van der Waals surface area contributed by atoms with Gasteiger partial charge in [-0.2, -0.15) is 0 Å². The van der Waals surface area contributed by atoms with Gasteiger partial charge >= 0.3 is 0 Å². The van der Waals surface area contributed by atoms with Crippen LogP contribution in [0.3, 0.4) is 0 Å². The first-order valence-corrected chi connectivity index (χ1v) is 12.5. The summed E-state index contributed by atoms with van der Waals surface area (Å²) in [5, 5.41) is 3.80. The molecule has 0 bridgehead atoms. The molecular formula is C28H33FN4O. The second-order valence-corrected chi connectivity index (χ2v) is 10.4. The summed E-state index contributed by atoms with van der Waals surface area (Å²) in [5.41, 5.74) is 10.0. The van der Waals surface area contributed by atoms with Crippen molar-refractivity contribution in [2.24, 2.45) is 17.6 Å². The van der Waals surface area contributed by atoms with Gasteiger partial charge in [-0.1, -0.05) is 6.92 Å². The van der Waals surface area contributed by atoms with Crippen molar-refractivity contribution in [2.75, 3.05) is 5.32 Å². The Morgan fingerprint density at radius 1 is 1.21 bits per heavy atom. The molecule has 5 rings (SSSR count). The number of ketones is 1. The van der Waals surface area contributed by atoms with Crippen molar-refractivity contribution in [3.8, 4) is 0 Å². The number of carbonyl (C=O) groups is 1. The van der Waals surface area contributed by atoms with E-state index < -0.39 is 0 Å². The van der Waals surface area contributed by atoms with Crippen LogP contribution in [0, 0.1) is 17.7 Å². The predicted octanol–water partition coefficient (Wildman–Crippen LogP) is 5.64. The van der Waals surface area contributed by atoms with Gasteiger partial charge in [0, 0.05) is 41.8 Å². The molecule has 0 aliphatic heterocycles. The first-order chi connectivity index (χ1) is 16.4. The summed E-state index contributed by atoms with van der Waals surface area (Å²) >= 11 is 0. The molecular weight excluding hydrogens is 427 g/mol. The third-order valence-corrected chi connectivity index (χ3v) is 7.53. The Bertz CT molecular complexity index is 1200. The van der Waals surface area contributed by atoms with Gasteiger partial charge in [-0.05, 0) is 92.2 Å². The van der Waals surface area contributed by atoms with Crippen molar-refractivity contribution in [1.82, 2.24) is 9.97 Å². The normalized spacial score (nSPS) is 23.6. The van der Waals surface area contributed by atoms with Gasteiger partial charge in [0.1, 0.15) is 5.82 Å². The topological polar surface area (TPSA) is 80.9 Å². The van der Waals surface area contributed by atoms with E-state index in [2.05, 4.69) is 29.1 Å². The van der Waals surface area contributed by atoms with E-state index in [1.807, 2.05) is 6.07 Å². The molecule has 178 valence electrons. The number of nitrogens with zero attached hydrogens (tertiary/aromatic N) is 2. The number of hydrogen-bond donors (Lipinski definition) is 2. The molecule has 6 heteroatoms. The van der Waals surface area contributed by atoms with Gasteiger partial charge in [-0.25, -0.2) is 4.39 Å². The molecule has 3 N–H and O–H groups in total. The molecule has 5 nitrogen and oxygen atoms in total. The Labute approximate surface area is 200 Å². The van der Waals surface area contributed by atoms with E-state index in [1.54, 1.807) is 30.7 Å². The van der Waals surface area contributed by atoms with Crippen LogP contribution in [0.25, 0.3) is 10.9 Å². The molecule has 4 atom stereocenters. The SMILES string of the molecule is C[C@@H]1C[C@H](N)C[C@H](c2ccncc2CC(=O)c2ccc(F)c3cc(N[C@@H](C)C4CC4)cnc23)C1. The standard InChI is InChI=1S/C28H33FN4O/c1-16-9-19(11-21(30)10-16)23-7-8-31-14-20(23)12-27(34)24-5-6-26(29)25-13-22(15-32-28(24)25)33-17(2)18-3-4-18/h5-8,13-19,21,33H,3-4,9-12,30H2,1-2H3/t16-,17-,19+,21-/m0/s1. The highest BCUT2D eigenvalue weighted by Crippen LogP contribution is 2.37. The summed E-state index contributed by atoms with van der Waals surface area (Å²) < 4.78 is 14.7. The Hall–Kier alpha value is -2.86. The van der Waals surface area contributed by atoms with Gasteiger partial charge in [0.25, 0.3) is 0 Å². The van der Waals surface area contributed by atoms with Crippen molar-refractivity contribution < 1.29 is 9.18 Å². The van der Waals surface area contributed by atoms with Gasteiger partial charge in [-0.15, -0.1) is 0 Å². The second-order valence-electron chi connectivity index (χ2n) is 10.4. The maximum absolute atomic E-state index is 14.7. The molecule has 2 aromatic heterocycles. The lowest BCUT2D eigenvalue weighted by molar-refractivity contribution is 0.0994. The molecule has 0 radical (unpaired) electrons. The summed E-state index contributed by atoms with van der Waals surface area (Å²) in [6.45, 7) is 4.38. The average molecular weight is 461 g/mol. The number of rotatable bonds is 7. The Balaban J connectivity index is 1.41. The molecule has 0 spiro atoms. The molecule has 2 aliphatic rings. The van der Waals surface area contributed by atoms with Gasteiger partial charge in [-0.3, -0.25) is 14.8 Å². The number of carbonyl (C=O) groups excluding carboxylic acids is 1. The monoisotopic (exact) mass is 460 g/mol. The molecule has 3 aromatic rings. The van der Waals surface area contributed by atoms with E-state index in [4.69, 9.17) is 5.73 Å². The van der Waals surface area contributed by atoms with E-state index in [9.17, 15) is 9.18 Å². The zero-order valence-electron chi connectivity index (χ0n) is 19.9. The van der Waals surface area contributed by atoms with Crippen LogP contribution in [0.2, 0.25) is 0 Å². The Morgan fingerprint density at radius 3 is 2.79 bits per heavy atom. The number of fused-ring (bicyclic) bond motifs is 1. The summed E-state index contributed by atoms with van der Waals surface area (Å²) in [5.74, 6) is 1.11. The van der Waals surface area contributed by atoms with Crippen molar-refractivity contribution in [3.05, 3.63) is 65.4 Å². The van der Waals surface area contributed by atoms with Crippen LogP contribution in [-0.2, 0) is 6.42 Å². The molecule has 2 heterocycles. The molecule has 2 aliphatic carbocycles. The number of pyridine rings is 2. The van der Waals surface area contributed by atoms with Crippen molar-refractivity contribution in [3.63, 3.8) is 0 Å². The van der Waals surface area contributed by atoms with Crippen LogP contribution in [0.5, 0.6) is 0 Å². The smallest absolute Gasteiger partial charge is 0.169 e. The molecule has 0 saturated heterocycles. The lowest BCUT2D eigenvalue weighted by atomic mass is 9.75. The highest BCUT2D eigenvalue weighted by molar-refractivity contribution is 6.08. The minimum Gasteiger partial charge on any atom is -0.381 e. The third-order valence-electron chi connectivity index (χ3n) is 7.53. The molecule has 0 amide bonds. The highest BCUT2D eigenvalue weighted by Gasteiger charge is 2.29. The largest absolute Gasteiger partial charge is 0.381 e. The Kier molecular flexibility index (Phi) is 6.34. The van der Waals surface area contributed by atoms with Gasteiger partial charge in [0.05, 0.1) is 17.4 Å². The number of nitrogens with one attached hydrogen (secondary N) is 1. The molecule has 0 unspecified atom stereocenters. The maximum Gasteiger partial charge on any atom is 0.169 e. The van der Waals surface area contributed by atoms with E-state index >= 15 is 0 Å². The summed E-state index contributed by atoms with van der Waals surface area (Å²) in [4.78, 5) is 22.2. The quantitative estimate of drug-likeness (QED) is 0.446. The first-order valence-electron chi connectivity index (χ1n) is 12.5. The number of Topliss-reactive ketones (excluding diaryl/α,β-unsaturated/α-hetero) is 1. The van der Waals surface area contributed by atoms with Gasteiger partial charge in [0.2, 0.25) is 0 Å². The number of benzene rings is 1. The maximum atomic E-state index is 14.7. The summed E-state index contributed by atoms with van der Waals surface area (Å²) in [6.07, 6.45) is 11.0. The van der Waals surface area contributed by atoms with Gasteiger partial charge in [0.15, 0.2) is 5.78 Å². The summed E-state index contributed by atoms with van der Waals surface area (Å²) in [7, 11) is 0. The molecule has 2 saturated carbocycles. The second kappa shape index (κ2) is 9.41. The fourth-order valence-electron chi connectivity index (χ4n) is 5.63. The number of aromatic nitrogens is 2. The van der Waals surface area contributed by atoms with Crippen LogP contribution in [-0.4, -0.2) is 27.8 Å². The predicted molar refractivity (Wildman–Crippen MR) is 134 cm³/mol. The van der Waals surface area contributed by atoms with E-state index in [0.29, 0.717) is 40.3 Å². The van der Waals surface area contributed by atoms with E-state index in [-0.39, 0.29) is 24.1 Å². The zero-order valence-corrected chi connectivity index (χ0v) is 19.9.